The molecule has 0 aliphatic heterocycles. The van der Waals surface area contributed by atoms with Gasteiger partial charge in [-0.15, -0.1) is 0 Å². The number of amides is 1. The van der Waals surface area contributed by atoms with Crippen LogP contribution in [0.15, 0.2) is 29.1 Å². The quantitative estimate of drug-likeness (QED) is 0.867. The number of hydrogen-bond donors (Lipinski definition) is 2. The van der Waals surface area contributed by atoms with E-state index in [2.05, 4.69) is 16.4 Å². The Hall–Kier alpha value is -2.61. The zero-order valence-electron chi connectivity index (χ0n) is 11.0. The smallest absolute Gasteiger partial charge is 0.269 e. The molecule has 2 N–H and O–H groups in total. The van der Waals surface area contributed by atoms with Gasteiger partial charge in [-0.1, -0.05) is 18.2 Å². The van der Waals surface area contributed by atoms with Crippen molar-refractivity contribution >= 4 is 16.7 Å². The van der Waals surface area contributed by atoms with Crippen LogP contribution in [0, 0.1) is 18.3 Å². The van der Waals surface area contributed by atoms with Gasteiger partial charge in [-0.25, -0.2) is 0 Å². The summed E-state index contributed by atoms with van der Waals surface area (Å²) in [5.74, 6) is -0.399. The minimum atomic E-state index is -0.744. The molecule has 5 nitrogen and oxygen atoms in total. The fourth-order valence-electron chi connectivity index (χ4n) is 2.31. The molecule has 5 heteroatoms. The third-order valence-corrected chi connectivity index (χ3v) is 3.73. The number of nitriles is 1. The highest BCUT2D eigenvalue weighted by Gasteiger charge is 2.45. The Morgan fingerprint density at radius 2 is 2.00 bits per heavy atom. The summed E-state index contributed by atoms with van der Waals surface area (Å²) in [6.45, 7) is 1.79. The number of carbonyl (C=O) groups excluding carboxylic acids is 1. The van der Waals surface area contributed by atoms with E-state index < -0.39 is 11.4 Å². The lowest BCUT2D eigenvalue weighted by Crippen LogP contribution is -2.37. The first-order valence-corrected chi connectivity index (χ1v) is 6.42. The number of rotatable bonds is 2. The predicted octanol–water partition coefficient (Wildman–Crippen LogP) is 1.62. The van der Waals surface area contributed by atoms with Gasteiger partial charge in [0.05, 0.1) is 6.07 Å². The summed E-state index contributed by atoms with van der Waals surface area (Å²) in [5.41, 5.74) is -0.0914. The second-order valence-electron chi connectivity index (χ2n) is 5.15. The molecule has 1 aromatic heterocycles. The van der Waals surface area contributed by atoms with E-state index in [1.54, 1.807) is 19.1 Å². The number of aromatic amines is 1. The second kappa shape index (κ2) is 4.20. The lowest BCUT2D eigenvalue weighted by molar-refractivity contribution is 0.0936. The lowest BCUT2D eigenvalue weighted by Gasteiger charge is -2.12. The van der Waals surface area contributed by atoms with Crippen molar-refractivity contribution in [3.05, 3.63) is 45.9 Å². The summed E-state index contributed by atoms with van der Waals surface area (Å²) in [7, 11) is 0. The van der Waals surface area contributed by atoms with Crippen LogP contribution >= 0.6 is 0 Å². The number of nitrogens with zero attached hydrogens (tertiary/aromatic N) is 1. The first-order valence-electron chi connectivity index (χ1n) is 6.42. The Kier molecular flexibility index (Phi) is 2.61. The summed E-state index contributed by atoms with van der Waals surface area (Å²) in [5, 5.41) is 13.0. The Morgan fingerprint density at radius 3 is 2.60 bits per heavy atom. The molecule has 1 aromatic carbocycles. The van der Waals surface area contributed by atoms with Crippen molar-refractivity contribution in [2.45, 2.75) is 25.3 Å². The van der Waals surface area contributed by atoms with Crippen molar-refractivity contribution in [1.82, 2.24) is 10.3 Å². The average Bonchev–Trinajstić information content (AvgIpc) is 3.23. The summed E-state index contributed by atoms with van der Waals surface area (Å²) in [6, 6.07) is 9.25. The van der Waals surface area contributed by atoms with E-state index in [1.165, 1.54) is 0 Å². The van der Waals surface area contributed by atoms with E-state index in [0.29, 0.717) is 23.8 Å². The molecule has 3 rings (SSSR count). The van der Waals surface area contributed by atoms with E-state index in [1.807, 2.05) is 12.1 Å². The van der Waals surface area contributed by atoms with Gasteiger partial charge in [0.25, 0.3) is 11.5 Å². The summed E-state index contributed by atoms with van der Waals surface area (Å²) < 4.78 is 0. The van der Waals surface area contributed by atoms with Crippen LogP contribution in [0.1, 0.15) is 28.9 Å². The molecule has 0 bridgehead atoms. The first-order chi connectivity index (χ1) is 9.56. The van der Waals surface area contributed by atoms with E-state index >= 15 is 0 Å². The van der Waals surface area contributed by atoms with Crippen LogP contribution in [-0.4, -0.2) is 16.4 Å². The molecule has 2 aromatic rings. The molecule has 1 heterocycles. The molecule has 0 radical (unpaired) electrons. The van der Waals surface area contributed by atoms with Gasteiger partial charge in [0.15, 0.2) is 0 Å². The topological polar surface area (TPSA) is 85.8 Å². The Bertz CT molecular complexity index is 810. The van der Waals surface area contributed by atoms with Gasteiger partial charge >= 0.3 is 0 Å². The van der Waals surface area contributed by atoms with Crippen LogP contribution in [0.2, 0.25) is 0 Å². The largest absolute Gasteiger partial charge is 0.332 e. The fraction of sp³-hybridized carbons (Fsp3) is 0.267. The van der Waals surface area contributed by atoms with Crippen LogP contribution < -0.4 is 10.9 Å². The van der Waals surface area contributed by atoms with Gasteiger partial charge in [-0.05, 0) is 36.8 Å². The zero-order chi connectivity index (χ0) is 14.3. The third-order valence-electron chi connectivity index (χ3n) is 3.73. The first kappa shape index (κ1) is 12.4. The maximum absolute atomic E-state index is 12.2. The van der Waals surface area contributed by atoms with Crippen LogP contribution in [0.5, 0.6) is 0 Å². The molecule has 1 aliphatic carbocycles. The molecule has 0 saturated heterocycles. The van der Waals surface area contributed by atoms with Crippen LogP contribution in [0.3, 0.4) is 0 Å². The van der Waals surface area contributed by atoms with E-state index in [0.717, 1.165) is 5.39 Å². The van der Waals surface area contributed by atoms with Crippen molar-refractivity contribution in [1.29, 1.82) is 5.26 Å². The van der Waals surface area contributed by atoms with Gasteiger partial charge in [-0.3, -0.25) is 9.59 Å². The van der Waals surface area contributed by atoms with Crippen LogP contribution in [-0.2, 0) is 0 Å². The fourth-order valence-corrected chi connectivity index (χ4v) is 2.31. The Balaban J connectivity index is 2.09. The van der Waals surface area contributed by atoms with Gasteiger partial charge in [0.1, 0.15) is 11.2 Å². The molecule has 20 heavy (non-hydrogen) atoms. The number of nitrogens with one attached hydrogen (secondary N) is 2. The minimum absolute atomic E-state index is 0.232. The maximum Gasteiger partial charge on any atom is 0.269 e. The normalized spacial score (nSPS) is 15.6. The molecule has 1 saturated carbocycles. The number of aromatic nitrogens is 1. The summed E-state index contributed by atoms with van der Waals surface area (Å²) in [4.78, 5) is 26.9. The second-order valence-corrected chi connectivity index (χ2v) is 5.15. The average molecular weight is 267 g/mol. The standard InChI is InChI=1S/C15H13N3O2/c1-9-10-4-2-3-5-11(10)13(19)17-12(9)14(20)18-15(8-16)6-7-15/h2-5H,6-7H2,1H3,(H,17,19)(H,18,20). The van der Waals surface area contributed by atoms with Crippen molar-refractivity contribution < 1.29 is 4.79 Å². The van der Waals surface area contributed by atoms with Crippen molar-refractivity contribution in [2.75, 3.05) is 0 Å². The monoisotopic (exact) mass is 267 g/mol. The highest BCUT2D eigenvalue weighted by atomic mass is 16.2. The van der Waals surface area contributed by atoms with E-state index in [4.69, 9.17) is 5.26 Å². The molecule has 0 spiro atoms. The van der Waals surface area contributed by atoms with E-state index in [9.17, 15) is 9.59 Å². The van der Waals surface area contributed by atoms with Crippen molar-refractivity contribution in [3.63, 3.8) is 0 Å². The minimum Gasteiger partial charge on any atom is -0.332 e. The molecule has 0 unspecified atom stereocenters. The lowest BCUT2D eigenvalue weighted by atomic mass is 10.0. The highest BCUT2D eigenvalue weighted by molar-refractivity contribution is 5.99. The zero-order valence-corrected chi connectivity index (χ0v) is 11.0. The Morgan fingerprint density at radius 1 is 1.35 bits per heavy atom. The summed E-state index contributed by atoms with van der Waals surface area (Å²) in [6.07, 6.45) is 1.32. The number of H-pyrrole nitrogens is 1. The summed E-state index contributed by atoms with van der Waals surface area (Å²) >= 11 is 0. The number of hydrogen-bond acceptors (Lipinski definition) is 3. The number of aryl methyl sites for hydroxylation is 1. The van der Waals surface area contributed by atoms with Gasteiger partial charge in [0.2, 0.25) is 0 Å². The number of pyridine rings is 1. The molecule has 100 valence electrons. The van der Waals surface area contributed by atoms with Crippen LogP contribution in [0.25, 0.3) is 10.8 Å². The van der Waals surface area contributed by atoms with Crippen LogP contribution in [0.4, 0.5) is 0 Å². The maximum atomic E-state index is 12.2. The molecule has 1 amide bonds. The molecule has 1 fully saturated rings. The van der Waals surface area contributed by atoms with Crippen molar-refractivity contribution in [2.24, 2.45) is 0 Å². The Labute approximate surface area is 115 Å². The van der Waals surface area contributed by atoms with Gasteiger partial charge < -0.3 is 10.3 Å². The molecule has 1 aliphatic rings. The third kappa shape index (κ3) is 1.86. The molecular formula is C15H13N3O2. The molecular weight excluding hydrogens is 254 g/mol. The highest BCUT2D eigenvalue weighted by Crippen LogP contribution is 2.34. The van der Waals surface area contributed by atoms with Crippen molar-refractivity contribution in [3.8, 4) is 6.07 Å². The van der Waals surface area contributed by atoms with Gasteiger partial charge in [0, 0.05) is 5.39 Å². The number of carbonyl (C=O) groups is 1. The number of fused-ring (bicyclic) bond motifs is 1. The number of benzene rings is 1. The predicted molar refractivity (Wildman–Crippen MR) is 74.3 cm³/mol. The SMILES string of the molecule is Cc1c(C(=O)NC2(C#N)CC2)[nH]c(=O)c2ccccc12. The van der Waals surface area contributed by atoms with Gasteiger partial charge in [-0.2, -0.15) is 5.26 Å². The molecule has 0 atom stereocenters. The van der Waals surface area contributed by atoms with E-state index in [-0.39, 0.29) is 11.3 Å².